The fraction of sp³-hybridized carbons (Fsp3) is 0.391. The van der Waals surface area contributed by atoms with Crippen LogP contribution in [0, 0.1) is 0 Å². The van der Waals surface area contributed by atoms with E-state index >= 15 is 0 Å². The fourth-order valence-corrected chi connectivity index (χ4v) is 7.06. The molecule has 1 aliphatic carbocycles. The van der Waals surface area contributed by atoms with Gasteiger partial charge in [-0.05, 0) is 30.9 Å². The second kappa shape index (κ2) is 9.36. The number of H-pyrrole nitrogens is 1. The van der Waals surface area contributed by atoms with Gasteiger partial charge in [-0.2, -0.15) is 21.2 Å². The number of hydrogen-bond acceptors (Lipinski definition) is 5. The van der Waals surface area contributed by atoms with E-state index in [9.17, 15) is 13.2 Å². The van der Waals surface area contributed by atoms with Crippen LogP contribution in [0.3, 0.4) is 0 Å². The van der Waals surface area contributed by atoms with Gasteiger partial charge in [-0.3, -0.25) is 9.48 Å². The highest BCUT2D eigenvalue weighted by molar-refractivity contribution is 7.99. The van der Waals surface area contributed by atoms with Gasteiger partial charge >= 0.3 is 0 Å². The monoisotopic (exact) mass is 485 g/mol. The molecule has 2 aliphatic rings. The van der Waals surface area contributed by atoms with E-state index in [1.54, 1.807) is 11.8 Å². The van der Waals surface area contributed by atoms with E-state index < -0.39 is 10.0 Å². The molecule has 2 aromatic heterocycles. The number of amides is 1. The van der Waals surface area contributed by atoms with Crippen molar-refractivity contribution < 1.29 is 13.2 Å². The number of aromatic amines is 1. The second-order valence-corrected chi connectivity index (χ2v) is 11.5. The summed E-state index contributed by atoms with van der Waals surface area (Å²) in [6.07, 6.45) is 5.97. The molecule has 1 amide bonds. The Morgan fingerprint density at radius 2 is 2.00 bits per heavy atom. The van der Waals surface area contributed by atoms with Gasteiger partial charge in [0.05, 0.1) is 18.8 Å². The van der Waals surface area contributed by atoms with Crippen LogP contribution >= 0.6 is 11.8 Å². The summed E-state index contributed by atoms with van der Waals surface area (Å²) in [5.41, 5.74) is 3.62. The summed E-state index contributed by atoms with van der Waals surface area (Å²) in [7, 11) is -3.59. The molecule has 1 fully saturated rings. The summed E-state index contributed by atoms with van der Waals surface area (Å²) in [4.78, 5) is 16.0. The standard InChI is InChI=1S/C23H27N5O3S2/c29-23(21-13-18(14-24-21)33(30,31)27-9-11-32-12-10-27)26-20-7-4-8-22-19(20)15-25-28(22)16-17-5-2-1-3-6-17/h1-3,5-6,13-15,20,24H,4,7-12,16H2,(H,26,29). The van der Waals surface area contributed by atoms with Crippen LogP contribution in [-0.2, 0) is 23.0 Å². The molecular weight excluding hydrogens is 458 g/mol. The Hall–Kier alpha value is -2.56. The maximum Gasteiger partial charge on any atom is 0.268 e. The van der Waals surface area contributed by atoms with Crippen LogP contribution in [0.4, 0.5) is 0 Å². The molecule has 2 N–H and O–H groups in total. The molecule has 1 unspecified atom stereocenters. The number of thioether (sulfide) groups is 1. The van der Waals surface area contributed by atoms with E-state index in [0.29, 0.717) is 19.6 Å². The average molecular weight is 486 g/mol. The lowest BCUT2D eigenvalue weighted by molar-refractivity contribution is 0.0928. The van der Waals surface area contributed by atoms with E-state index in [4.69, 9.17) is 0 Å². The van der Waals surface area contributed by atoms with E-state index in [2.05, 4.69) is 27.5 Å². The number of nitrogens with one attached hydrogen (secondary N) is 2. The molecule has 1 aromatic carbocycles. The number of sulfonamides is 1. The molecule has 10 heteroatoms. The number of hydrogen-bond donors (Lipinski definition) is 2. The molecular formula is C23H27N5O3S2. The average Bonchev–Trinajstić information content (AvgIpc) is 3.50. The predicted molar refractivity (Wildman–Crippen MR) is 128 cm³/mol. The number of carbonyl (C=O) groups excluding carboxylic acids is 1. The quantitative estimate of drug-likeness (QED) is 0.559. The molecule has 0 bridgehead atoms. The number of fused-ring (bicyclic) bond motifs is 1. The molecule has 0 radical (unpaired) electrons. The zero-order chi connectivity index (χ0) is 22.8. The maximum atomic E-state index is 13.0. The normalized spacial score (nSPS) is 19.2. The lowest BCUT2D eigenvalue weighted by atomic mass is 9.92. The van der Waals surface area contributed by atoms with Gasteiger partial charge < -0.3 is 10.3 Å². The summed E-state index contributed by atoms with van der Waals surface area (Å²) in [5, 5.41) is 7.66. The topological polar surface area (TPSA) is 100 Å². The Bertz CT molecular complexity index is 1230. The summed E-state index contributed by atoms with van der Waals surface area (Å²) in [6.45, 7) is 1.69. The highest BCUT2D eigenvalue weighted by Crippen LogP contribution is 2.30. The number of nitrogens with zero attached hydrogens (tertiary/aromatic N) is 3. The third-order valence-corrected chi connectivity index (χ3v) is 9.07. The molecule has 174 valence electrons. The summed E-state index contributed by atoms with van der Waals surface area (Å²) >= 11 is 1.75. The smallest absolute Gasteiger partial charge is 0.268 e. The molecule has 3 aromatic rings. The molecule has 1 saturated heterocycles. The molecule has 0 spiro atoms. The van der Waals surface area contributed by atoms with Crippen LogP contribution in [0.2, 0.25) is 0 Å². The zero-order valence-electron chi connectivity index (χ0n) is 18.2. The third kappa shape index (κ3) is 4.60. The van der Waals surface area contributed by atoms with Crippen molar-refractivity contribution in [1.82, 2.24) is 24.4 Å². The lowest BCUT2D eigenvalue weighted by Gasteiger charge is -2.25. The van der Waals surface area contributed by atoms with Gasteiger partial charge in [-0.15, -0.1) is 0 Å². The van der Waals surface area contributed by atoms with Crippen LogP contribution in [0.25, 0.3) is 0 Å². The predicted octanol–water partition coefficient (Wildman–Crippen LogP) is 2.80. The first-order valence-electron chi connectivity index (χ1n) is 11.2. The minimum Gasteiger partial charge on any atom is -0.356 e. The minimum absolute atomic E-state index is 0.138. The Balaban J connectivity index is 1.30. The number of rotatable bonds is 6. The van der Waals surface area contributed by atoms with Gasteiger partial charge in [0.1, 0.15) is 10.6 Å². The molecule has 1 aliphatic heterocycles. The molecule has 8 nitrogen and oxygen atoms in total. The van der Waals surface area contributed by atoms with Crippen LogP contribution < -0.4 is 5.32 Å². The molecule has 3 heterocycles. The van der Waals surface area contributed by atoms with Crippen molar-refractivity contribution in [3.05, 3.63) is 71.3 Å². The number of carbonyl (C=O) groups is 1. The van der Waals surface area contributed by atoms with Crippen molar-refractivity contribution in [1.29, 1.82) is 0 Å². The Morgan fingerprint density at radius 1 is 1.21 bits per heavy atom. The van der Waals surface area contributed by atoms with Crippen molar-refractivity contribution >= 4 is 27.7 Å². The summed E-state index contributed by atoms with van der Waals surface area (Å²) < 4.78 is 29.3. The highest BCUT2D eigenvalue weighted by atomic mass is 32.2. The Kier molecular flexibility index (Phi) is 6.31. The van der Waals surface area contributed by atoms with Gasteiger partial charge in [-0.25, -0.2) is 8.42 Å². The van der Waals surface area contributed by atoms with Gasteiger partial charge in [0.2, 0.25) is 10.0 Å². The van der Waals surface area contributed by atoms with Crippen molar-refractivity contribution in [2.24, 2.45) is 0 Å². The zero-order valence-corrected chi connectivity index (χ0v) is 19.9. The minimum atomic E-state index is -3.59. The van der Waals surface area contributed by atoms with Crippen LogP contribution in [0.5, 0.6) is 0 Å². The summed E-state index contributed by atoms with van der Waals surface area (Å²) in [5.74, 6) is 1.28. The van der Waals surface area contributed by atoms with Crippen molar-refractivity contribution in [3.8, 4) is 0 Å². The van der Waals surface area contributed by atoms with Crippen LogP contribution in [-0.4, -0.2) is 58.0 Å². The fourth-order valence-electron chi connectivity index (χ4n) is 4.49. The second-order valence-electron chi connectivity index (χ2n) is 8.37. The first kappa shape index (κ1) is 22.2. The third-order valence-electron chi connectivity index (χ3n) is 6.25. The van der Waals surface area contributed by atoms with E-state index in [1.165, 1.54) is 22.1 Å². The SMILES string of the molecule is O=C(NC1CCCc2c1cnn2Cc1ccccc1)c1cc(S(=O)(=O)N2CCSCC2)c[nH]1. The van der Waals surface area contributed by atoms with Gasteiger partial charge in [0.15, 0.2) is 0 Å². The van der Waals surface area contributed by atoms with Crippen LogP contribution in [0.15, 0.2) is 53.7 Å². The molecule has 0 saturated carbocycles. The van der Waals surface area contributed by atoms with Gasteiger partial charge in [0, 0.05) is 42.0 Å². The Labute approximate surface area is 197 Å². The maximum absolute atomic E-state index is 13.0. The van der Waals surface area contributed by atoms with Crippen molar-refractivity contribution in [2.45, 2.75) is 36.7 Å². The van der Waals surface area contributed by atoms with Crippen LogP contribution in [0.1, 0.15) is 46.2 Å². The van der Waals surface area contributed by atoms with E-state index in [1.807, 2.05) is 29.1 Å². The molecule has 5 rings (SSSR count). The largest absolute Gasteiger partial charge is 0.356 e. The first-order valence-corrected chi connectivity index (χ1v) is 13.8. The van der Waals surface area contributed by atoms with E-state index in [-0.39, 0.29) is 22.5 Å². The van der Waals surface area contributed by atoms with Crippen molar-refractivity contribution in [2.75, 3.05) is 24.6 Å². The Morgan fingerprint density at radius 3 is 2.79 bits per heavy atom. The van der Waals surface area contributed by atoms with Crippen molar-refractivity contribution in [3.63, 3.8) is 0 Å². The number of benzene rings is 1. The molecule has 33 heavy (non-hydrogen) atoms. The van der Waals surface area contributed by atoms with Gasteiger partial charge in [0.25, 0.3) is 5.91 Å². The number of aromatic nitrogens is 3. The summed E-state index contributed by atoms with van der Waals surface area (Å²) in [6, 6.07) is 11.5. The highest BCUT2D eigenvalue weighted by Gasteiger charge is 2.29. The van der Waals surface area contributed by atoms with E-state index in [0.717, 1.165) is 42.0 Å². The first-order chi connectivity index (χ1) is 16.0. The van der Waals surface area contributed by atoms with Gasteiger partial charge in [-0.1, -0.05) is 30.3 Å². The lowest BCUT2D eigenvalue weighted by Crippen LogP contribution is -2.37. The molecule has 1 atom stereocenters.